The number of carbonyl (C=O) groups is 2. The molecule has 0 fully saturated rings. The number of halogens is 2. The molecule has 0 heterocycles. The molecule has 0 radical (unpaired) electrons. The molecule has 0 spiro atoms. The van der Waals surface area contributed by atoms with Crippen molar-refractivity contribution in [1.29, 1.82) is 0 Å². The van der Waals surface area contributed by atoms with Crippen LogP contribution in [0.5, 0.6) is 0 Å². The Bertz CT molecular complexity index is 677. The lowest BCUT2D eigenvalue weighted by Crippen LogP contribution is -2.39. The quantitative estimate of drug-likeness (QED) is 0.240. The lowest BCUT2D eigenvalue weighted by Gasteiger charge is -2.07. The van der Waals surface area contributed by atoms with Gasteiger partial charge in [-0.2, -0.15) is 4.99 Å². The first kappa shape index (κ1) is 22.0. The van der Waals surface area contributed by atoms with Crippen LogP contribution in [0.15, 0.2) is 28.2 Å². The minimum atomic E-state index is -2.27. The number of guanidine groups is 2. The van der Waals surface area contributed by atoms with Crippen molar-refractivity contribution in [2.45, 2.75) is 12.2 Å². The van der Waals surface area contributed by atoms with E-state index in [4.69, 9.17) is 49.2 Å². The average Bonchev–Trinajstić information content (AvgIpc) is 2.49. The van der Waals surface area contributed by atoms with Gasteiger partial charge in [0.15, 0.2) is 18.2 Å². The molecule has 0 aliphatic rings. The van der Waals surface area contributed by atoms with E-state index in [2.05, 4.69) is 9.98 Å². The molecule has 0 saturated carbocycles. The molecular weight excluding hydrogens is 365 g/mol. The summed E-state index contributed by atoms with van der Waals surface area (Å²) in [5.41, 5.74) is 15.9. The number of rotatable bonds is 4. The fraction of sp³-hybridized carbons (Fsp3) is 0.167. The van der Waals surface area contributed by atoms with E-state index in [1.807, 2.05) is 0 Å². The number of hydrogen-bond acceptors (Lipinski definition) is 5. The summed E-state index contributed by atoms with van der Waals surface area (Å²) in [5, 5.41) is 32.5. The Hall–Kier alpha value is -2.96. The van der Waals surface area contributed by atoms with Crippen LogP contribution in [0, 0.1) is 5.82 Å². The maximum Gasteiger partial charge on any atom is 0.335 e. The highest BCUT2D eigenvalue weighted by Gasteiger charge is 2.29. The van der Waals surface area contributed by atoms with Crippen LogP contribution in [0.1, 0.15) is 0 Å². The summed E-state index contributed by atoms with van der Waals surface area (Å²) in [6, 6.07) is 3.88. The van der Waals surface area contributed by atoms with Crippen LogP contribution in [0.25, 0.3) is 0 Å². The number of hydrogen-bond donors (Lipinski definition) is 7. The Balaban J connectivity index is 0.000000504. The van der Waals surface area contributed by atoms with Crippen molar-refractivity contribution in [1.82, 2.24) is 0 Å². The molecule has 25 heavy (non-hydrogen) atoms. The Labute approximate surface area is 144 Å². The van der Waals surface area contributed by atoms with Crippen LogP contribution >= 0.6 is 11.6 Å². The molecular formula is C12H15ClFN5O6. The summed E-state index contributed by atoms with van der Waals surface area (Å²) in [4.78, 5) is 26.8. The highest BCUT2D eigenvalue weighted by molar-refractivity contribution is 6.31. The number of aliphatic hydroxyl groups is 2. The molecule has 138 valence electrons. The molecule has 2 atom stereocenters. The number of aliphatic carboxylic acids is 2. The topological polar surface area (TPSA) is 218 Å². The molecule has 0 aromatic heterocycles. The summed E-state index contributed by atoms with van der Waals surface area (Å²) in [7, 11) is 0. The maximum absolute atomic E-state index is 12.8. The van der Waals surface area contributed by atoms with Gasteiger partial charge in [-0.3, -0.25) is 0 Å². The minimum Gasteiger partial charge on any atom is -0.479 e. The Kier molecular flexibility index (Phi) is 8.83. The van der Waals surface area contributed by atoms with E-state index in [1.54, 1.807) is 0 Å². The van der Waals surface area contributed by atoms with Gasteiger partial charge in [-0.1, -0.05) is 11.6 Å². The first-order valence-corrected chi connectivity index (χ1v) is 6.54. The molecule has 0 saturated heterocycles. The van der Waals surface area contributed by atoms with Gasteiger partial charge in [0, 0.05) is 0 Å². The zero-order valence-corrected chi connectivity index (χ0v) is 13.1. The number of carboxylic acid groups (broad SMARTS) is 2. The number of aliphatic hydroxyl groups excluding tert-OH is 2. The van der Waals surface area contributed by atoms with Crippen LogP contribution in [0.3, 0.4) is 0 Å². The predicted octanol–water partition coefficient (Wildman–Crippen LogP) is -1.42. The lowest BCUT2D eigenvalue weighted by atomic mass is 10.2. The van der Waals surface area contributed by atoms with E-state index in [-0.39, 0.29) is 16.9 Å². The number of benzene rings is 1. The van der Waals surface area contributed by atoms with Crippen LogP contribution in [0.2, 0.25) is 5.02 Å². The zero-order chi connectivity index (χ0) is 19.7. The molecule has 11 nitrogen and oxygen atoms in total. The number of carboxylic acids is 2. The smallest absolute Gasteiger partial charge is 0.335 e. The van der Waals surface area contributed by atoms with E-state index < -0.39 is 30.0 Å². The number of nitrogens with zero attached hydrogens (tertiary/aromatic N) is 2. The van der Waals surface area contributed by atoms with Crippen LogP contribution in [-0.4, -0.2) is 56.5 Å². The van der Waals surface area contributed by atoms with Crippen molar-refractivity contribution in [3.8, 4) is 0 Å². The lowest BCUT2D eigenvalue weighted by molar-refractivity contribution is -0.165. The zero-order valence-electron chi connectivity index (χ0n) is 12.4. The van der Waals surface area contributed by atoms with Crippen molar-refractivity contribution in [3.63, 3.8) is 0 Å². The standard InChI is InChI=1S/C8H9ClFN5.C4H6O6/c9-5-3-4(1-2-6(5)10)14-8(13)15-7(11)12;5-1(3(7)8)2(6)4(9)10/h1-3H,(H6,11,12,13,14,15);1-2,5-6H,(H,7,8)(H,9,10). The second kappa shape index (κ2) is 10.0. The predicted molar refractivity (Wildman–Crippen MR) is 85.8 cm³/mol. The molecule has 1 aromatic rings. The van der Waals surface area contributed by atoms with E-state index in [1.165, 1.54) is 18.2 Å². The summed E-state index contributed by atoms with van der Waals surface area (Å²) >= 11 is 5.53. The summed E-state index contributed by atoms with van der Waals surface area (Å²) in [6.45, 7) is 0. The molecule has 0 amide bonds. The molecule has 10 N–H and O–H groups in total. The molecule has 0 bridgehead atoms. The minimum absolute atomic E-state index is 0.0475. The Morgan fingerprint density at radius 1 is 1.08 bits per heavy atom. The fourth-order valence-corrected chi connectivity index (χ4v) is 1.29. The third-order valence-corrected chi connectivity index (χ3v) is 2.49. The monoisotopic (exact) mass is 379 g/mol. The van der Waals surface area contributed by atoms with Gasteiger partial charge >= 0.3 is 11.9 Å². The highest BCUT2D eigenvalue weighted by Crippen LogP contribution is 2.21. The van der Waals surface area contributed by atoms with Crippen molar-refractivity contribution >= 4 is 41.1 Å². The van der Waals surface area contributed by atoms with Gasteiger partial charge in [0.05, 0.1) is 10.7 Å². The molecule has 1 aromatic carbocycles. The fourth-order valence-electron chi connectivity index (χ4n) is 1.11. The van der Waals surface area contributed by atoms with Crippen molar-refractivity contribution in [3.05, 3.63) is 29.0 Å². The largest absolute Gasteiger partial charge is 0.479 e. The molecule has 13 heteroatoms. The van der Waals surface area contributed by atoms with Gasteiger partial charge in [-0.05, 0) is 18.2 Å². The number of aliphatic imine (C=N–C) groups is 2. The van der Waals surface area contributed by atoms with Gasteiger partial charge in [-0.25, -0.2) is 19.0 Å². The Morgan fingerprint density at radius 2 is 1.56 bits per heavy atom. The van der Waals surface area contributed by atoms with Gasteiger partial charge in [0.2, 0.25) is 5.96 Å². The third kappa shape index (κ3) is 8.45. The van der Waals surface area contributed by atoms with E-state index in [0.717, 1.165) is 0 Å². The SMILES string of the molecule is NC(N)=NC(N)=Nc1ccc(F)c(Cl)c1.O=C(O)C(O)C(O)C(=O)O. The molecule has 0 aliphatic carbocycles. The summed E-state index contributed by atoms with van der Waals surface area (Å²) in [6.07, 6.45) is -4.53. The van der Waals surface area contributed by atoms with E-state index in [0.29, 0.717) is 5.69 Å². The third-order valence-electron chi connectivity index (χ3n) is 2.20. The van der Waals surface area contributed by atoms with Crippen LogP contribution in [0.4, 0.5) is 10.1 Å². The first-order chi connectivity index (χ1) is 11.5. The summed E-state index contributed by atoms with van der Waals surface area (Å²) in [5.74, 6) is -4.40. The maximum atomic E-state index is 12.8. The van der Waals surface area contributed by atoms with E-state index in [9.17, 15) is 14.0 Å². The Morgan fingerprint density at radius 3 is 1.92 bits per heavy atom. The molecule has 1 rings (SSSR count). The van der Waals surface area contributed by atoms with Gasteiger partial charge in [0.25, 0.3) is 0 Å². The van der Waals surface area contributed by atoms with Gasteiger partial charge in [-0.15, -0.1) is 0 Å². The second-order valence-electron chi connectivity index (χ2n) is 4.17. The highest BCUT2D eigenvalue weighted by atomic mass is 35.5. The normalized spacial score (nSPS) is 13.0. The van der Waals surface area contributed by atoms with Gasteiger partial charge in [0.1, 0.15) is 5.82 Å². The molecule has 2 unspecified atom stereocenters. The van der Waals surface area contributed by atoms with E-state index >= 15 is 0 Å². The van der Waals surface area contributed by atoms with Gasteiger partial charge < -0.3 is 37.6 Å². The summed E-state index contributed by atoms with van der Waals surface area (Å²) < 4.78 is 12.8. The first-order valence-electron chi connectivity index (χ1n) is 6.16. The van der Waals surface area contributed by atoms with Crippen molar-refractivity contribution in [2.75, 3.05) is 0 Å². The molecule has 0 aliphatic heterocycles. The van der Waals surface area contributed by atoms with Crippen molar-refractivity contribution in [2.24, 2.45) is 27.2 Å². The van der Waals surface area contributed by atoms with Crippen LogP contribution in [-0.2, 0) is 9.59 Å². The van der Waals surface area contributed by atoms with Crippen molar-refractivity contribution < 1.29 is 34.4 Å². The van der Waals surface area contributed by atoms with Crippen LogP contribution < -0.4 is 17.2 Å². The number of nitrogens with two attached hydrogens (primary N) is 3. The second-order valence-corrected chi connectivity index (χ2v) is 4.58. The average molecular weight is 380 g/mol.